The highest BCUT2D eigenvalue weighted by Crippen LogP contribution is 2.05. The third kappa shape index (κ3) is 10.1. The number of hydrogen-bond acceptors (Lipinski definition) is 9. The van der Waals surface area contributed by atoms with Gasteiger partial charge in [0.1, 0.15) is 18.1 Å². The van der Waals surface area contributed by atoms with Crippen molar-refractivity contribution in [1.29, 1.82) is 0 Å². The number of carboxylic acids is 2. The zero-order valence-corrected chi connectivity index (χ0v) is 19.5. The molecule has 1 rings (SSSR count). The summed E-state index contributed by atoms with van der Waals surface area (Å²) in [6.45, 7) is 0. The molecule has 0 saturated carbocycles. The average molecular weight is 505 g/mol. The SMILES string of the molecule is CSCCC(NC(=O)C(N)CS)C(=O)NC(CC(=O)O)C(=O)NC(Cc1cnc[nH]1)C(=O)O. The number of carbonyl (C=O) groups excluding carboxylic acids is 3. The highest BCUT2D eigenvalue weighted by Gasteiger charge is 2.31. The molecule has 0 spiro atoms. The van der Waals surface area contributed by atoms with Crippen molar-refractivity contribution in [2.45, 2.75) is 43.4 Å². The number of H-pyrrole nitrogens is 1. The smallest absolute Gasteiger partial charge is 0.326 e. The number of aliphatic carboxylic acids is 2. The second-order valence-corrected chi connectivity index (χ2v) is 8.32. The molecule has 1 heterocycles. The number of amides is 3. The van der Waals surface area contributed by atoms with Gasteiger partial charge in [-0.25, -0.2) is 9.78 Å². The lowest BCUT2D eigenvalue weighted by molar-refractivity contribution is -0.143. The summed E-state index contributed by atoms with van der Waals surface area (Å²) in [5.74, 6) is -4.65. The minimum absolute atomic E-state index is 0.0413. The minimum atomic E-state index is -1.58. The van der Waals surface area contributed by atoms with Gasteiger partial charge in [0.15, 0.2) is 0 Å². The largest absolute Gasteiger partial charge is 0.481 e. The summed E-state index contributed by atoms with van der Waals surface area (Å²) >= 11 is 5.35. The molecule has 3 amide bonds. The number of hydrogen-bond donors (Lipinski definition) is 8. The van der Waals surface area contributed by atoms with E-state index in [4.69, 9.17) is 10.8 Å². The zero-order chi connectivity index (χ0) is 25.0. The number of nitrogens with two attached hydrogens (primary N) is 1. The molecule has 0 aromatic carbocycles. The molecule has 4 atom stereocenters. The predicted octanol–water partition coefficient (Wildman–Crippen LogP) is -2.02. The second-order valence-electron chi connectivity index (χ2n) is 6.97. The molecular formula is C18H28N6O7S2. The van der Waals surface area contributed by atoms with Crippen molar-refractivity contribution < 1.29 is 34.2 Å². The van der Waals surface area contributed by atoms with E-state index in [9.17, 15) is 29.1 Å². The molecule has 13 nitrogen and oxygen atoms in total. The van der Waals surface area contributed by atoms with Gasteiger partial charge in [0.2, 0.25) is 17.7 Å². The summed E-state index contributed by atoms with van der Waals surface area (Å²) in [6, 6.07) is -5.02. The molecule has 0 radical (unpaired) electrons. The minimum Gasteiger partial charge on any atom is -0.481 e. The first-order chi connectivity index (χ1) is 15.6. The summed E-state index contributed by atoms with van der Waals surface area (Å²) in [6.07, 6.45) is 3.77. The lowest BCUT2D eigenvalue weighted by Gasteiger charge is -2.24. The molecule has 184 valence electrons. The molecule has 4 unspecified atom stereocenters. The van der Waals surface area contributed by atoms with Crippen molar-refractivity contribution in [2.75, 3.05) is 17.8 Å². The van der Waals surface area contributed by atoms with Crippen molar-refractivity contribution in [3.63, 3.8) is 0 Å². The number of thiol groups is 1. The Bertz CT molecular complexity index is 823. The first-order valence-corrected chi connectivity index (χ1v) is 11.8. The van der Waals surface area contributed by atoms with Gasteiger partial charge in [-0.05, 0) is 18.4 Å². The van der Waals surface area contributed by atoms with Crippen molar-refractivity contribution in [3.8, 4) is 0 Å². The highest BCUT2D eigenvalue weighted by molar-refractivity contribution is 7.98. The van der Waals surface area contributed by atoms with Gasteiger partial charge in [-0.2, -0.15) is 24.4 Å². The Kier molecular flexibility index (Phi) is 12.3. The fourth-order valence-electron chi connectivity index (χ4n) is 2.61. The van der Waals surface area contributed by atoms with Crippen LogP contribution in [0, 0.1) is 0 Å². The van der Waals surface area contributed by atoms with Gasteiger partial charge in [0, 0.05) is 24.1 Å². The molecular weight excluding hydrogens is 476 g/mol. The van der Waals surface area contributed by atoms with Gasteiger partial charge in [0.05, 0.1) is 18.8 Å². The maximum atomic E-state index is 12.8. The number of imidazole rings is 1. The first-order valence-electron chi connectivity index (χ1n) is 9.77. The van der Waals surface area contributed by atoms with E-state index < -0.39 is 60.2 Å². The number of nitrogens with one attached hydrogen (secondary N) is 4. The molecule has 0 aliphatic rings. The number of aromatic nitrogens is 2. The molecule has 33 heavy (non-hydrogen) atoms. The Balaban J connectivity index is 2.95. The van der Waals surface area contributed by atoms with Crippen molar-refractivity contribution in [3.05, 3.63) is 18.2 Å². The van der Waals surface area contributed by atoms with Crippen LogP contribution in [-0.2, 0) is 30.4 Å². The highest BCUT2D eigenvalue weighted by atomic mass is 32.2. The van der Waals surface area contributed by atoms with E-state index in [0.717, 1.165) is 0 Å². The van der Waals surface area contributed by atoms with Crippen LogP contribution in [0.5, 0.6) is 0 Å². The Morgan fingerprint density at radius 3 is 2.21 bits per heavy atom. The summed E-state index contributed by atoms with van der Waals surface area (Å²) in [5.41, 5.74) is 6.05. The van der Waals surface area contributed by atoms with Gasteiger partial charge in [0.25, 0.3) is 0 Å². The number of carboxylic acid groups (broad SMARTS) is 2. The van der Waals surface area contributed by atoms with Gasteiger partial charge in [-0.1, -0.05) is 0 Å². The number of rotatable bonds is 15. The quantitative estimate of drug-likeness (QED) is 0.123. The fraction of sp³-hybridized carbons (Fsp3) is 0.556. The normalized spacial score (nSPS) is 14.4. The Morgan fingerprint density at radius 1 is 1.09 bits per heavy atom. The lowest BCUT2D eigenvalue weighted by Crippen LogP contribution is -2.58. The van der Waals surface area contributed by atoms with Crippen LogP contribution < -0.4 is 21.7 Å². The van der Waals surface area contributed by atoms with Crippen LogP contribution >= 0.6 is 24.4 Å². The molecule has 0 bridgehead atoms. The van der Waals surface area contributed by atoms with E-state index in [2.05, 4.69) is 38.5 Å². The van der Waals surface area contributed by atoms with Gasteiger partial charge in [-0.3, -0.25) is 19.2 Å². The van der Waals surface area contributed by atoms with Crippen LogP contribution in [0.1, 0.15) is 18.5 Å². The van der Waals surface area contributed by atoms with Crippen LogP contribution in [0.15, 0.2) is 12.5 Å². The second kappa shape index (κ2) is 14.4. The first kappa shape index (κ1) is 28.3. The Labute approximate surface area is 199 Å². The third-order valence-electron chi connectivity index (χ3n) is 4.38. The molecule has 15 heteroatoms. The number of carbonyl (C=O) groups is 5. The maximum absolute atomic E-state index is 12.8. The fourth-order valence-corrected chi connectivity index (χ4v) is 3.25. The van der Waals surface area contributed by atoms with Gasteiger partial charge in [-0.15, -0.1) is 0 Å². The van der Waals surface area contributed by atoms with Crippen LogP contribution in [0.2, 0.25) is 0 Å². The molecule has 0 fully saturated rings. The molecule has 0 saturated heterocycles. The average Bonchev–Trinajstić information content (AvgIpc) is 3.27. The standard InChI is InChI=1S/C18H28N6O7S2/c1-33-3-2-11(22-15(27)10(19)7-32)16(28)23-12(5-14(25)26)17(29)24-13(18(30)31)4-9-6-20-8-21-9/h6,8,10-13,32H,2-5,7,19H2,1H3,(H,20,21)(H,22,27)(H,23,28)(H,24,29)(H,25,26)(H,30,31). The molecule has 1 aromatic rings. The summed E-state index contributed by atoms with van der Waals surface area (Å²) in [5, 5.41) is 25.6. The molecule has 0 aliphatic carbocycles. The molecule has 0 aliphatic heterocycles. The van der Waals surface area contributed by atoms with E-state index in [1.807, 2.05) is 0 Å². The zero-order valence-electron chi connectivity index (χ0n) is 17.8. The third-order valence-corrected chi connectivity index (χ3v) is 5.42. The topological polar surface area (TPSA) is 217 Å². The van der Waals surface area contributed by atoms with Crippen molar-refractivity contribution in [1.82, 2.24) is 25.9 Å². The van der Waals surface area contributed by atoms with Crippen LogP contribution in [0.3, 0.4) is 0 Å². The lowest BCUT2D eigenvalue weighted by atomic mass is 10.1. The maximum Gasteiger partial charge on any atom is 0.326 e. The van der Waals surface area contributed by atoms with Crippen LogP contribution in [0.25, 0.3) is 0 Å². The summed E-state index contributed by atoms with van der Waals surface area (Å²) in [7, 11) is 0. The van der Waals surface area contributed by atoms with E-state index in [1.165, 1.54) is 24.3 Å². The van der Waals surface area contributed by atoms with Gasteiger partial charge < -0.3 is 36.9 Å². The van der Waals surface area contributed by atoms with E-state index >= 15 is 0 Å². The predicted molar refractivity (Wildman–Crippen MR) is 123 cm³/mol. The summed E-state index contributed by atoms with van der Waals surface area (Å²) in [4.78, 5) is 66.8. The Morgan fingerprint density at radius 2 is 1.70 bits per heavy atom. The van der Waals surface area contributed by atoms with Crippen LogP contribution in [0.4, 0.5) is 0 Å². The van der Waals surface area contributed by atoms with Gasteiger partial charge >= 0.3 is 11.9 Å². The van der Waals surface area contributed by atoms with Crippen molar-refractivity contribution in [2.24, 2.45) is 5.73 Å². The summed E-state index contributed by atoms with van der Waals surface area (Å²) < 4.78 is 0. The van der Waals surface area contributed by atoms with E-state index in [1.54, 1.807) is 6.26 Å². The van der Waals surface area contributed by atoms with Crippen LogP contribution in [-0.4, -0.2) is 91.8 Å². The Hall–Kier alpha value is -2.78. The number of thioether (sulfide) groups is 1. The van der Waals surface area contributed by atoms with Crippen molar-refractivity contribution >= 4 is 54.1 Å². The van der Waals surface area contributed by atoms with E-state index in [0.29, 0.717) is 11.4 Å². The van der Waals surface area contributed by atoms with E-state index in [-0.39, 0.29) is 18.6 Å². The molecule has 8 N–H and O–H groups in total. The number of aromatic amines is 1. The monoisotopic (exact) mass is 504 g/mol. The number of nitrogens with zero attached hydrogens (tertiary/aromatic N) is 1. The molecule has 1 aromatic heterocycles.